The molecular weight excluding hydrogens is 188 g/mol. The third-order valence-electron chi connectivity index (χ3n) is 2.86. The van der Waals surface area contributed by atoms with Gasteiger partial charge in [0.25, 0.3) is 0 Å². The molecule has 0 aromatic heterocycles. The number of alkyl halides is 2. The van der Waals surface area contributed by atoms with Crippen LogP contribution in [0.2, 0.25) is 0 Å². The van der Waals surface area contributed by atoms with E-state index in [4.69, 9.17) is 5.26 Å². The number of ether oxygens (including phenoxy) is 1. The molecule has 1 aliphatic carbocycles. The van der Waals surface area contributed by atoms with Gasteiger partial charge in [-0.25, -0.2) is 0 Å². The van der Waals surface area contributed by atoms with Crippen LogP contribution in [-0.2, 0) is 4.74 Å². The van der Waals surface area contributed by atoms with Crippen molar-refractivity contribution < 1.29 is 13.5 Å². The van der Waals surface area contributed by atoms with Gasteiger partial charge in [-0.2, -0.15) is 14.0 Å². The minimum atomic E-state index is -2.68. The van der Waals surface area contributed by atoms with Crippen LogP contribution in [0.4, 0.5) is 8.78 Å². The average molecular weight is 203 g/mol. The van der Waals surface area contributed by atoms with E-state index in [1.54, 1.807) is 0 Å². The van der Waals surface area contributed by atoms with E-state index in [2.05, 4.69) is 10.8 Å². The minimum absolute atomic E-state index is 0.101. The Kier molecular flexibility index (Phi) is 4.81. The largest absolute Gasteiger partial charge is 0.345 e. The van der Waals surface area contributed by atoms with Gasteiger partial charge < -0.3 is 4.74 Å². The number of hydrogen-bond donors (Lipinski definition) is 0. The lowest BCUT2D eigenvalue weighted by atomic mass is 9.78. The highest BCUT2D eigenvalue weighted by molar-refractivity contribution is 4.83. The molecule has 2 unspecified atom stereocenters. The van der Waals surface area contributed by atoms with E-state index in [1.807, 2.05) is 0 Å². The third kappa shape index (κ3) is 3.59. The van der Waals surface area contributed by atoms with Gasteiger partial charge in [-0.15, -0.1) is 0 Å². The van der Waals surface area contributed by atoms with Crippen LogP contribution < -0.4 is 0 Å². The van der Waals surface area contributed by atoms with E-state index in [1.165, 1.54) is 0 Å². The Morgan fingerprint density at radius 1 is 1.29 bits per heavy atom. The highest BCUT2D eigenvalue weighted by atomic mass is 19.3. The molecule has 1 rings (SSSR count). The minimum Gasteiger partial charge on any atom is -0.323 e. The highest BCUT2D eigenvalue weighted by Gasteiger charge is 2.25. The number of nitrogens with zero attached hydrogens (tertiary/aromatic N) is 1. The third-order valence-corrected chi connectivity index (χ3v) is 2.86. The molecule has 1 aliphatic rings. The summed E-state index contributed by atoms with van der Waals surface area (Å²) in [7, 11) is 0. The summed E-state index contributed by atoms with van der Waals surface area (Å²) >= 11 is 0. The van der Waals surface area contributed by atoms with E-state index in [0.717, 1.165) is 25.7 Å². The molecule has 2 atom stereocenters. The van der Waals surface area contributed by atoms with Crippen molar-refractivity contribution >= 4 is 0 Å². The number of hydrogen-bond acceptors (Lipinski definition) is 2. The zero-order valence-electron chi connectivity index (χ0n) is 8.09. The van der Waals surface area contributed by atoms with Crippen molar-refractivity contribution in [2.75, 3.05) is 6.61 Å². The van der Waals surface area contributed by atoms with E-state index in [0.29, 0.717) is 6.42 Å². The second-order valence-electron chi connectivity index (χ2n) is 3.76. The van der Waals surface area contributed by atoms with Crippen LogP contribution in [0, 0.1) is 23.2 Å². The summed E-state index contributed by atoms with van der Waals surface area (Å²) in [6, 6.07) is 2.11. The molecule has 0 spiro atoms. The highest BCUT2D eigenvalue weighted by Crippen LogP contribution is 2.32. The first kappa shape index (κ1) is 11.4. The monoisotopic (exact) mass is 203 g/mol. The first-order valence-corrected chi connectivity index (χ1v) is 5.00. The summed E-state index contributed by atoms with van der Waals surface area (Å²) in [6.45, 7) is -2.58. The Morgan fingerprint density at radius 2 is 1.93 bits per heavy atom. The first-order chi connectivity index (χ1) is 6.74. The van der Waals surface area contributed by atoms with Crippen LogP contribution in [0.3, 0.4) is 0 Å². The molecule has 1 saturated carbocycles. The van der Waals surface area contributed by atoms with E-state index >= 15 is 0 Å². The summed E-state index contributed by atoms with van der Waals surface area (Å²) in [4.78, 5) is 0. The fraction of sp³-hybridized carbons (Fsp3) is 0.900. The van der Waals surface area contributed by atoms with Crippen LogP contribution in [0.25, 0.3) is 0 Å². The van der Waals surface area contributed by atoms with Crippen molar-refractivity contribution in [2.24, 2.45) is 11.8 Å². The number of rotatable bonds is 4. The van der Waals surface area contributed by atoms with Crippen molar-refractivity contribution in [1.82, 2.24) is 0 Å². The van der Waals surface area contributed by atoms with Gasteiger partial charge in [0.15, 0.2) is 0 Å². The Hall–Kier alpha value is -0.690. The zero-order valence-corrected chi connectivity index (χ0v) is 8.09. The standard InChI is InChI=1S/C10H15F2NO/c11-10(12)14-7-9-4-2-1-3-8(9)5-6-13/h8-10H,1-5,7H2. The molecule has 1 fully saturated rings. The lowest BCUT2D eigenvalue weighted by Gasteiger charge is -2.29. The molecule has 14 heavy (non-hydrogen) atoms. The maximum Gasteiger partial charge on any atom is 0.345 e. The lowest BCUT2D eigenvalue weighted by Crippen LogP contribution is -2.24. The molecule has 0 bridgehead atoms. The molecule has 0 radical (unpaired) electrons. The molecular formula is C10H15F2NO. The number of halogens is 2. The van der Waals surface area contributed by atoms with Gasteiger partial charge in [0.05, 0.1) is 12.7 Å². The van der Waals surface area contributed by atoms with E-state index in [-0.39, 0.29) is 18.4 Å². The predicted octanol–water partition coefficient (Wildman–Crippen LogP) is 2.95. The Morgan fingerprint density at radius 3 is 2.50 bits per heavy atom. The summed E-state index contributed by atoms with van der Waals surface area (Å²) in [5.74, 6) is 0.407. The maximum atomic E-state index is 11.8. The van der Waals surface area contributed by atoms with Crippen LogP contribution in [0.15, 0.2) is 0 Å². The van der Waals surface area contributed by atoms with Crippen molar-refractivity contribution in [3.63, 3.8) is 0 Å². The molecule has 4 heteroatoms. The van der Waals surface area contributed by atoms with Gasteiger partial charge in [-0.3, -0.25) is 0 Å². The molecule has 0 amide bonds. The summed E-state index contributed by atoms with van der Waals surface area (Å²) < 4.78 is 27.9. The molecule has 2 nitrogen and oxygen atoms in total. The quantitative estimate of drug-likeness (QED) is 0.703. The van der Waals surface area contributed by atoms with Crippen LogP contribution in [-0.4, -0.2) is 13.2 Å². The Labute approximate surface area is 82.9 Å². The zero-order chi connectivity index (χ0) is 10.4. The lowest BCUT2D eigenvalue weighted by molar-refractivity contribution is -0.144. The molecule has 0 aromatic carbocycles. The maximum absolute atomic E-state index is 11.8. The fourth-order valence-electron chi connectivity index (χ4n) is 2.09. The van der Waals surface area contributed by atoms with Gasteiger partial charge in [0, 0.05) is 6.42 Å². The van der Waals surface area contributed by atoms with Gasteiger partial charge in [-0.05, 0) is 24.7 Å². The van der Waals surface area contributed by atoms with Crippen LogP contribution >= 0.6 is 0 Å². The fourth-order valence-corrected chi connectivity index (χ4v) is 2.09. The van der Waals surface area contributed by atoms with Gasteiger partial charge >= 0.3 is 6.61 Å². The van der Waals surface area contributed by atoms with Crippen LogP contribution in [0.1, 0.15) is 32.1 Å². The van der Waals surface area contributed by atoms with Gasteiger partial charge in [0.1, 0.15) is 0 Å². The topological polar surface area (TPSA) is 33.0 Å². The molecule has 0 N–H and O–H groups in total. The van der Waals surface area contributed by atoms with E-state index in [9.17, 15) is 8.78 Å². The van der Waals surface area contributed by atoms with Gasteiger partial charge in [-0.1, -0.05) is 12.8 Å². The molecule has 0 aliphatic heterocycles. The van der Waals surface area contributed by atoms with E-state index < -0.39 is 6.61 Å². The second kappa shape index (κ2) is 5.92. The summed E-state index contributed by atoms with van der Waals surface area (Å²) in [6.07, 6.45) is 4.54. The summed E-state index contributed by atoms with van der Waals surface area (Å²) in [5.41, 5.74) is 0. The van der Waals surface area contributed by atoms with Gasteiger partial charge in [0.2, 0.25) is 0 Å². The molecule has 0 aromatic rings. The Bertz CT molecular complexity index is 203. The summed E-state index contributed by atoms with van der Waals surface area (Å²) in [5, 5.41) is 8.57. The predicted molar refractivity (Wildman–Crippen MR) is 47.6 cm³/mol. The van der Waals surface area contributed by atoms with Crippen molar-refractivity contribution in [3.05, 3.63) is 0 Å². The smallest absolute Gasteiger partial charge is 0.323 e. The molecule has 0 heterocycles. The molecule has 80 valence electrons. The first-order valence-electron chi connectivity index (χ1n) is 5.00. The SMILES string of the molecule is N#CCC1CCCCC1COC(F)F. The number of nitriles is 1. The Balaban J connectivity index is 2.34. The van der Waals surface area contributed by atoms with Crippen molar-refractivity contribution in [2.45, 2.75) is 38.7 Å². The second-order valence-corrected chi connectivity index (χ2v) is 3.76. The van der Waals surface area contributed by atoms with Crippen molar-refractivity contribution in [1.29, 1.82) is 5.26 Å². The average Bonchev–Trinajstić information content (AvgIpc) is 2.17. The van der Waals surface area contributed by atoms with Crippen molar-refractivity contribution in [3.8, 4) is 6.07 Å². The normalized spacial score (nSPS) is 27.6. The molecule has 0 saturated heterocycles. The van der Waals surface area contributed by atoms with Crippen LogP contribution in [0.5, 0.6) is 0 Å².